The van der Waals surface area contributed by atoms with Crippen molar-refractivity contribution in [1.29, 1.82) is 0 Å². The molecule has 0 saturated heterocycles. The van der Waals surface area contributed by atoms with Gasteiger partial charge in [-0.1, -0.05) is 0 Å². The monoisotopic (exact) mass is 825 g/mol. The van der Waals surface area contributed by atoms with Gasteiger partial charge in [0.05, 0.1) is 40.2 Å². The quantitative estimate of drug-likeness (QED) is 0.0579. The van der Waals surface area contributed by atoms with Crippen LogP contribution in [0.4, 0.5) is 40.6 Å². The zero-order valence-corrected chi connectivity index (χ0v) is 30.0. The van der Waals surface area contributed by atoms with E-state index < -0.39 is 80.2 Å². The van der Waals surface area contributed by atoms with Gasteiger partial charge in [-0.25, -0.2) is 25.2 Å². The SMILES string of the molecule is Nc1cc(Nc2nc(Nc3ccc(S(=O)(=O)CCOS(=O)(=O)O)cc3)nc(Nc3ccc(S(=O)(=O)CCOS(=O)(=O)O)cc3)n2)ccc1S(=O)(=O)O. The molecule has 0 fully saturated rings. The molecule has 1 aromatic heterocycles. The summed E-state index contributed by atoms with van der Waals surface area (Å²) in [5.74, 6) is -1.96. The lowest BCUT2D eigenvalue weighted by Crippen LogP contribution is -2.15. The number of nitrogens with two attached hydrogens (primary N) is 1. The zero-order chi connectivity index (χ0) is 38.5. The third kappa shape index (κ3) is 12.0. The van der Waals surface area contributed by atoms with E-state index in [1.54, 1.807) is 0 Å². The summed E-state index contributed by atoms with van der Waals surface area (Å²) < 4.78 is 151. The number of rotatable bonds is 17. The van der Waals surface area contributed by atoms with E-state index >= 15 is 0 Å². The van der Waals surface area contributed by atoms with Crippen molar-refractivity contribution in [2.24, 2.45) is 0 Å². The van der Waals surface area contributed by atoms with E-state index in [2.05, 4.69) is 39.3 Å². The lowest BCUT2D eigenvalue weighted by atomic mass is 10.3. The summed E-state index contributed by atoms with van der Waals surface area (Å²) in [6.45, 7) is -1.65. The second-order valence-electron chi connectivity index (χ2n) is 10.1. The van der Waals surface area contributed by atoms with Crippen LogP contribution < -0.4 is 21.7 Å². The number of nitrogen functional groups attached to an aromatic ring is 1. The van der Waals surface area contributed by atoms with Crippen LogP contribution in [0.15, 0.2) is 81.4 Å². The van der Waals surface area contributed by atoms with E-state index in [1.165, 1.54) is 60.7 Å². The minimum Gasteiger partial charge on any atom is -0.398 e. The van der Waals surface area contributed by atoms with Crippen LogP contribution in [0.25, 0.3) is 0 Å². The number of anilines is 7. The maximum atomic E-state index is 12.5. The highest BCUT2D eigenvalue weighted by atomic mass is 32.3. The van der Waals surface area contributed by atoms with Crippen LogP contribution in [-0.4, -0.2) is 95.4 Å². The molecule has 27 heteroatoms. The van der Waals surface area contributed by atoms with Gasteiger partial charge in [0.1, 0.15) is 4.90 Å². The number of aromatic nitrogens is 3. The molecule has 3 aromatic carbocycles. The molecule has 0 bridgehead atoms. The predicted octanol–water partition coefficient (Wildman–Crippen LogP) is 1.12. The number of hydrogen-bond donors (Lipinski definition) is 7. The van der Waals surface area contributed by atoms with E-state index in [-0.39, 0.29) is 50.4 Å². The molecule has 1 heterocycles. The average molecular weight is 826 g/mol. The summed E-state index contributed by atoms with van der Waals surface area (Å²) in [4.78, 5) is 11.7. The molecule has 0 spiro atoms. The Labute approximate surface area is 296 Å². The number of nitrogens with one attached hydrogen (secondary N) is 3. The molecule has 282 valence electrons. The molecule has 0 unspecified atom stereocenters. The average Bonchev–Trinajstić information content (AvgIpc) is 2.99. The van der Waals surface area contributed by atoms with Crippen LogP contribution in [0.1, 0.15) is 0 Å². The van der Waals surface area contributed by atoms with Gasteiger partial charge in [0.2, 0.25) is 17.8 Å². The van der Waals surface area contributed by atoms with Crippen molar-refractivity contribution < 1.29 is 64.1 Å². The standard InChI is InChI=1S/C25H27N7O15S5/c26-21-15-18(5-10-22(21)50(37,38)39)29-25-31-23(27-16-1-6-19(7-2-16)48(33,34)13-11-46-51(40,41)42)30-24(32-25)28-17-3-8-20(9-4-17)49(35,36)14-12-47-52(43,44)45/h1-10,15H,11-14,26H2,(H,37,38,39)(H,40,41,42)(H,43,44,45)(H3,27,28,29,30,31,32). The summed E-state index contributed by atoms with van der Waals surface area (Å²) >= 11 is 0. The fourth-order valence-corrected chi connectivity index (χ4v) is 7.59. The molecule has 0 saturated carbocycles. The fraction of sp³-hybridized carbons (Fsp3) is 0.160. The van der Waals surface area contributed by atoms with Gasteiger partial charge in [0.15, 0.2) is 19.7 Å². The Morgan fingerprint density at radius 3 is 1.21 bits per heavy atom. The summed E-state index contributed by atoms with van der Waals surface area (Å²) in [6, 6.07) is 13.5. The first-order valence-electron chi connectivity index (χ1n) is 13.8. The summed E-state index contributed by atoms with van der Waals surface area (Å²) in [5.41, 5.74) is 6.15. The lowest BCUT2D eigenvalue weighted by Gasteiger charge is -2.13. The Hall–Kier alpha value is -4.58. The van der Waals surface area contributed by atoms with Crippen molar-refractivity contribution in [3.8, 4) is 0 Å². The summed E-state index contributed by atoms with van der Waals surface area (Å²) in [7, 11) is -22.4. The van der Waals surface area contributed by atoms with Crippen LogP contribution >= 0.6 is 0 Å². The molecule has 0 radical (unpaired) electrons. The van der Waals surface area contributed by atoms with Gasteiger partial charge in [-0.2, -0.15) is 40.2 Å². The molecule has 0 atom stereocenters. The number of nitrogens with zero attached hydrogens (tertiary/aromatic N) is 3. The molecule has 22 nitrogen and oxygen atoms in total. The smallest absolute Gasteiger partial charge is 0.397 e. The maximum absolute atomic E-state index is 12.5. The summed E-state index contributed by atoms with van der Waals surface area (Å²) in [5, 5.41) is 8.46. The van der Waals surface area contributed by atoms with Gasteiger partial charge in [-0.05, 0) is 66.7 Å². The molecule has 0 aliphatic rings. The van der Waals surface area contributed by atoms with Gasteiger partial charge in [0, 0.05) is 17.1 Å². The number of benzene rings is 3. The van der Waals surface area contributed by atoms with Gasteiger partial charge in [0.25, 0.3) is 10.1 Å². The van der Waals surface area contributed by atoms with Gasteiger partial charge in [-0.3, -0.25) is 13.7 Å². The molecule has 0 aliphatic heterocycles. The van der Waals surface area contributed by atoms with Crippen LogP contribution in [-0.2, 0) is 59.0 Å². The van der Waals surface area contributed by atoms with E-state index in [1.807, 2.05) is 0 Å². The van der Waals surface area contributed by atoms with E-state index in [4.69, 9.17) is 14.8 Å². The highest BCUT2D eigenvalue weighted by molar-refractivity contribution is 7.91. The highest BCUT2D eigenvalue weighted by Gasteiger charge is 2.19. The van der Waals surface area contributed by atoms with E-state index in [0.29, 0.717) is 0 Å². The minimum atomic E-state index is -4.84. The minimum absolute atomic E-state index is 0.141. The molecular weight excluding hydrogens is 799 g/mol. The molecule has 4 rings (SSSR count). The van der Waals surface area contributed by atoms with E-state index in [9.17, 15) is 46.6 Å². The summed E-state index contributed by atoms with van der Waals surface area (Å²) in [6.07, 6.45) is 0. The van der Waals surface area contributed by atoms with Gasteiger partial charge >= 0.3 is 20.8 Å². The van der Waals surface area contributed by atoms with Crippen LogP contribution in [0.3, 0.4) is 0 Å². The Bertz CT molecular complexity index is 2370. The third-order valence-corrected chi connectivity index (χ3v) is 11.5. The Morgan fingerprint density at radius 2 is 0.885 bits per heavy atom. The number of sulfone groups is 2. The topological polar surface area (TPSA) is 351 Å². The molecular formula is C25H27N7O15S5. The largest absolute Gasteiger partial charge is 0.398 e. The van der Waals surface area contributed by atoms with Gasteiger partial charge in [-0.15, -0.1) is 0 Å². The number of hydrogen-bond acceptors (Lipinski definition) is 19. The first-order valence-corrected chi connectivity index (χ1v) is 21.3. The highest BCUT2D eigenvalue weighted by Crippen LogP contribution is 2.26. The second kappa shape index (κ2) is 15.6. The fourth-order valence-electron chi connectivity index (χ4n) is 4.02. The molecule has 0 aliphatic carbocycles. The first kappa shape index (κ1) is 40.2. The molecule has 8 N–H and O–H groups in total. The zero-order valence-electron chi connectivity index (χ0n) is 25.9. The Kier molecular flexibility index (Phi) is 12.0. The van der Waals surface area contributed by atoms with Crippen LogP contribution in [0.5, 0.6) is 0 Å². The molecule has 4 aromatic rings. The first-order chi connectivity index (χ1) is 24.0. The van der Waals surface area contributed by atoms with Crippen molar-refractivity contribution >= 4 is 91.2 Å². The van der Waals surface area contributed by atoms with Crippen LogP contribution in [0, 0.1) is 0 Å². The van der Waals surface area contributed by atoms with Crippen molar-refractivity contribution in [3.63, 3.8) is 0 Å². The molecule has 0 amide bonds. The molecule has 52 heavy (non-hydrogen) atoms. The van der Waals surface area contributed by atoms with Gasteiger partial charge < -0.3 is 21.7 Å². The van der Waals surface area contributed by atoms with E-state index in [0.717, 1.165) is 6.07 Å². The predicted molar refractivity (Wildman–Crippen MR) is 182 cm³/mol. The van der Waals surface area contributed by atoms with Crippen LogP contribution in [0.2, 0.25) is 0 Å². The maximum Gasteiger partial charge on any atom is 0.397 e. The van der Waals surface area contributed by atoms with Crippen molar-refractivity contribution in [2.75, 3.05) is 46.4 Å². The normalized spacial score (nSPS) is 12.7. The lowest BCUT2D eigenvalue weighted by molar-refractivity contribution is 0.282. The van der Waals surface area contributed by atoms with Crippen molar-refractivity contribution in [3.05, 3.63) is 66.7 Å². The van der Waals surface area contributed by atoms with Crippen molar-refractivity contribution in [1.82, 2.24) is 15.0 Å². The second-order valence-corrected chi connectivity index (χ2v) is 17.9. The Balaban J connectivity index is 1.60. The Morgan fingerprint density at radius 1 is 0.538 bits per heavy atom. The third-order valence-electron chi connectivity index (χ3n) is 6.29. The van der Waals surface area contributed by atoms with Crippen molar-refractivity contribution in [2.45, 2.75) is 14.7 Å².